The number of carbonyl (C=O) groups is 1. The minimum Gasteiger partial charge on any atom is -0.427 e. The van der Waals surface area contributed by atoms with Gasteiger partial charge in [-0.2, -0.15) is 0 Å². The molecule has 1 aliphatic heterocycles. The normalized spacial score (nSPS) is 17.5. The van der Waals surface area contributed by atoms with Gasteiger partial charge in [0.25, 0.3) is 0 Å². The molecule has 0 aliphatic carbocycles. The van der Waals surface area contributed by atoms with Crippen molar-refractivity contribution in [2.75, 3.05) is 27.1 Å². The lowest BCUT2D eigenvalue weighted by atomic mass is 10.0. The summed E-state index contributed by atoms with van der Waals surface area (Å²) in [6, 6.07) is 8.14. The molecule has 24 heavy (non-hydrogen) atoms. The predicted octanol–water partition coefficient (Wildman–Crippen LogP) is 3.66. The van der Waals surface area contributed by atoms with Crippen molar-refractivity contribution in [2.24, 2.45) is 0 Å². The summed E-state index contributed by atoms with van der Waals surface area (Å²) in [5, 5.41) is 0. The molecule has 1 heterocycles. The third kappa shape index (κ3) is 5.14. The molecule has 0 amide bonds. The quantitative estimate of drug-likeness (QED) is 0.342. The average molecular weight is 399 g/mol. The second-order valence-corrected chi connectivity index (χ2v) is 6.24. The zero-order valence-corrected chi connectivity index (χ0v) is 15.6. The van der Waals surface area contributed by atoms with Gasteiger partial charge in [-0.3, -0.25) is 0 Å². The van der Waals surface area contributed by atoms with Gasteiger partial charge in [0, 0.05) is 12.7 Å². The first-order chi connectivity index (χ1) is 11.7. The highest BCUT2D eigenvalue weighted by Crippen LogP contribution is 2.35. The van der Waals surface area contributed by atoms with E-state index in [2.05, 4.69) is 35.0 Å². The van der Waals surface area contributed by atoms with Crippen molar-refractivity contribution in [2.45, 2.75) is 32.5 Å². The number of methoxy groups -OCH3 is 1. The Morgan fingerprint density at radius 1 is 1.21 bits per heavy atom. The van der Waals surface area contributed by atoms with Crippen molar-refractivity contribution < 1.29 is 23.7 Å². The standard InChI is InChI=1S/C18H23BrO5/c1-3-4-5-13-6-8-14(9-7-13)15-16(19)17(20)24-18(15)23-12-22-11-10-21-2/h6-9,18H,3-5,10-12H2,1-2H3. The summed E-state index contributed by atoms with van der Waals surface area (Å²) in [7, 11) is 1.60. The lowest BCUT2D eigenvalue weighted by Gasteiger charge is -2.15. The number of cyclic esters (lactones) is 1. The molecule has 1 unspecified atom stereocenters. The van der Waals surface area contributed by atoms with Crippen LogP contribution in [0, 0.1) is 0 Å². The molecule has 1 aliphatic rings. The van der Waals surface area contributed by atoms with Crippen LogP contribution in [0.1, 0.15) is 30.9 Å². The van der Waals surface area contributed by atoms with E-state index in [-0.39, 0.29) is 6.79 Å². The summed E-state index contributed by atoms with van der Waals surface area (Å²) < 4.78 is 21.4. The number of esters is 1. The van der Waals surface area contributed by atoms with Crippen molar-refractivity contribution in [1.82, 2.24) is 0 Å². The number of aryl methyl sites for hydroxylation is 1. The molecule has 0 saturated heterocycles. The lowest BCUT2D eigenvalue weighted by molar-refractivity contribution is -0.177. The second-order valence-electron chi connectivity index (χ2n) is 5.45. The average Bonchev–Trinajstić information content (AvgIpc) is 2.88. The summed E-state index contributed by atoms with van der Waals surface area (Å²) >= 11 is 3.31. The van der Waals surface area contributed by atoms with E-state index in [0.717, 1.165) is 18.4 Å². The molecular weight excluding hydrogens is 376 g/mol. The largest absolute Gasteiger partial charge is 0.427 e. The fourth-order valence-corrected chi connectivity index (χ4v) is 2.85. The molecule has 1 aromatic rings. The Bertz CT molecular complexity index is 567. The van der Waals surface area contributed by atoms with E-state index < -0.39 is 12.3 Å². The van der Waals surface area contributed by atoms with E-state index in [0.29, 0.717) is 23.3 Å². The van der Waals surface area contributed by atoms with Crippen LogP contribution in [0.3, 0.4) is 0 Å². The van der Waals surface area contributed by atoms with E-state index in [1.54, 1.807) is 7.11 Å². The molecular formula is C18H23BrO5. The van der Waals surface area contributed by atoms with Gasteiger partial charge in [0.15, 0.2) is 6.79 Å². The van der Waals surface area contributed by atoms with Crippen LogP contribution in [0.15, 0.2) is 28.7 Å². The molecule has 0 N–H and O–H groups in total. The molecule has 6 heteroatoms. The number of benzene rings is 1. The third-order valence-electron chi connectivity index (χ3n) is 3.68. The summed E-state index contributed by atoms with van der Waals surface area (Å²) in [4.78, 5) is 11.8. The van der Waals surface area contributed by atoms with Crippen molar-refractivity contribution >= 4 is 27.5 Å². The fraction of sp³-hybridized carbons (Fsp3) is 0.500. The molecule has 0 aromatic heterocycles. The Labute approximate surface area is 151 Å². The number of carbonyl (C=O) groups excluding carboxylic acids is 1. The van der Waals surface area contributed by atoms with Crippen LogP contribution in [0.25, 0.3) is 5.57 Å². The van der Waals surface area contributed by atoms with Gasteiger partial charge < -0.3 is 18.9 Å². The molecule has 1 atom stereocenters. The number of rotatable bonds is 10. The van der Waals surface area contributed by atoms with Crippen LogP contribution < -0.4 is 0 Å². The molecule has 132 valence electrons. The summed E-state index contributed by atoms with van der Waals surface area (Å²) in [5.74, 6) is -0.429. The number of hydrogen-bond donors (Lipinski definition) is 0. The highest BCUT2D eigenvalue weighted by molar-refractivity contribution is 9.12. The molecule has 5 nitrogen and oxygen atoms in total. The number of ether oxygens (including phenoxy) is 4. The Morgan fingerprint density at radius 2 is 1.96 bits per heavy atom. The van der Waals surface area contributed by atoms with Crippen molar-refractivity contribution in [1.29, 1.82) is 0 Å². The Hall–Kier alpha value is -1.21. The van der Waals surface area contributed by atoms with E-state index in [1.165, 1.54) is 12.0 Å². The molecule has 0 spiro atoms. The molecule has 0 radical (unpaired) electrons. The number of unbranched alkanes of at least 4 members (excludes halogenated alkanes) is 1. The monoisotopic (exact) mass is 398 g/mol. The first-order valence-corrected chi connectivity index (χ1v) is 8.85. The van der Waals surface area contributed by atoms with Gasteiger partial charge in [0.05, 0.1) is 13.2 Å². The zero-order chi connectivity index (χ0) is 17.4. The fourth-order valence-electron chi connectivity index (χ4n) is 2.34. The molecule has 0 bridgehead atoms. The molecule has 2 rings (SSSR count). The van der Waals surface area contributed by atoms with E-state index in [4.69, 9.17) is 18.9 Å². The number of halogens is 1. The SMILES string of the molecule is CCCCc1ccc(C2=C(Br)C(=O)OC2OCOCCOC)cc1. The van der Waals surface area contributed by atoms with Gasteiger partial charge in [-0.15, -0.1) is 0 Å². The second kappa shape index (κ2) is 9.93. The Kier molecular flexibility index (Phi) is 7.91. The van der Waals surface area contributed by atoms with Gasteiger partial charge in [-0.05, 0) is 39.9 Å². The van der Waals surface area contributed by atoms with Crippen LogP contribution in [0.2, 0.25) is 0 Å². The van der Waals surface area contributed by atoms with Crippen molar-refractivity contribution in [3.05, 3.63) is 39.9 Å². The minimum absolute atomic E-state index is 0.0275. The highest BCUT2D eigenvalue weighted by atomic mass is 79.9. The maximum absolute atomic E-state index is 11.8. The van der Waals surface area contributed by atoms with Gasteiger partial charge in [-0.25, -0.2) is 4.79 Å². The zero-order valence-electron chi connectivity index (χ0n) is 14.0. The van der Waals surface area contributed by atoms with Crippen LogP contribution >= 0.6 is 15.9 Å². The third-order valence-corrected chi connectivity index (χ3v) is 4.43. The maximum Gasteiger partial charge on any atom is 0.348 e. The lowest BCUT2D eigenvalue weighted by Crippen LogP contribution is -2.18. The molecule has 1 aromatic carbocycles. The van der Waals surface area contributed by atoms with Gasteiger partial charge in [0.2, 0.25) is 6.29 Å². The van der Waals surface area contributed by atoms with Gasteiger partial charge >= 0.3 is 5.97 Å². The van der Waals surface area contributed by atoms with E-state index in [1.807, 2.05) is 12.1 Å². The topological polar surface area (TPSA) is 54.0 Å². The van der Waals surface area contributed by atoms with Crippen molar-refractivity contribution in [3.8, 4) is 0 Å². The predicted molar refractivity (Wildman–Crippen MR) is 94.6 cm³/mol. The van der Waals surface area contributed by atoms with E-state index in [9.17, 15) is 4.79 Å². The first-order valence-electron chi connectivity index (χ1n) is 8.05. The van der Waals surface area contributed by atoms with Gasteiger partial charge in [-0.1, -0.05) is 37.6 Å². The van der Waals surface area contributed by atoms with Gasteiger partial charge in [0.1, 0.15) is 4.48 Å². The number of hydrogen-bond acceptors (Lipinski definition) is 5. The maximum atomic E-state index is 11.8. The Morgan fingerprint density at radius 3 is 2.62 bits per heavy atom. The highest BCUT2D eigenvalue weighted by Gasteiger charge is 2.34. The summed E-state index contributed by atoms with van der Waals surface area (Å²) in [5.41, 5.74) is 2.87. The van der Waals surface area contributed by atoms with Crippen LogP contribution in [-0.2, 0) is 30.2 Å². The smallest absolute Gasteiger partial charge is 0.348 e. The van der Waals surface area contributed by atoms with E-state index >= 15 is 0 Å². The summed E-state index contributed by atoms with van der Waals surface area (Å²) in [6.07, 6.45) is 2.62. The Balaban J connectivity index is 2.02. The molecule has 0 fully saturated rings. The van der Waals surface area contributed by atoms with Crippen LogP contribution in [0.4, 0.5) is 0 Å². The van der Waals surface area contributed by atoms with Crippen LogP contribution in [0.5, 0.6) is 0 Å². The minimum atomic E-state index is -0.768. The summed E-state index contributed by atoms with van der Waals surface area (Å²) in [6.45, 7) is 3.11. The first kappa shape index (κ1) is 19.1. The van der Waals surface area contributed by atoms with Crippen molar-refractivity contribution in [3.63, 3.8) is 0 Å². The van der Waals surface area contributed by atoms with Crippen LogP contribution in [-0.4, -0.2) is 39.4 Å². The molecule has 0 saturated carbocycles.